The maximum atomic E-state index is 13.2. The van der Waals surface area contributed by atoms with E-state index in [0.29, 0.717) is 49.6 Å². The van der Waals surface area contributed by atoms with Gasteiger partial charge in [0.2, 0.25) is 0 Å². The van der Waals surface area contributed by atoms with Crippen LogP contribution in [0.25, 0.3) is 0 Å². The maximum Gasteiger partial charge on any atom is 0.317 e. The second-order valence-electron chi connectivity index (χ2n) is 7.81. The Morgan fingerprint density at radius 2 is 2.23 bits per heavy atom. The van der Waals surface area contributed by atoms with Gasteiger partial charge in [0.1, 0.15) is 5.69 Å². The lowest BCUT2D eigenvalue weighted by molar-refractivity contribution is 0.0695. The molecule has 2 fully saturated rings. The number of nitrogens with one attached hydrogen (secondary N) is 1. The Kier molecular flexibility index (Phi) is 4.46. The molecule has 0 spiro atoms. The molecule has 1 aromatic rings. The van der Waals surface area contributed by atoms with E-state index in [0.717, 1.165) is 12.2 Å². The number of hydrogen-bond acceptors (Lipinski definition) is 3. The number of carbonyl (C=O) groups excluding carboxylic acids is 2. The van der Waals surface area contributed by atoms with E-state index in [2.05, 4.69) is 22.6 Å². The summed E-state index contributed by atoms with van der Waals surface area (Å²) in [5.74, 6) is 1.82. The van der Waals surface area contributed by atoms with E-state index < -0.39 is 0 Å². The molecule has 1 saturated heterocycles. The molecule has 7 heteroatoms. The summed E-state index contributed by atoms with van der Waals surface area (Å²) < 4.78 is 1.66. The molecule has 7 nitrogen and oxygen atoms in total. The molecular formula is C19H27N5O2. The third-order valence-electron chi connectivity index (χ3n) is 5.96. The third kappa shape index (κ3) is 3.22. The zero-order chi connectivity index (χ0) is 18.3. The predicted octanol–water partition coefficient (Wildman–Crippen LogP) is 1.41. The molecule has 26 heavy (non-hydrogen) atoms. The quantitative estimate of drug-likeness (QED) is 0.783. The Morgan fingerprint density at radius 1 is 1.38 bits per heavy atom. The van der Waals surface area contributed by atoms with Gasteiger partial charge < -0.3 is 15.1 Å². The minimum Gasteiger partial charge on any atom is -0.336 e. The van der Waals surface area contributed by atoms with Gasteiger partial charge in [-0.15, -0.1) is 0 Å². The minimum absolute atomic E-state index is 0.0134. The fourth-order valence-corrected chi connectivity index (χ4v) is 4.60. The number of aryl methyl sites for hydroxylation is 2. The number of nitrogens with zero attached hydrogens (tertiary/aromatic N) is 4. The van der Waals surface area contributed by atoms with Gasteiger partial charge in [0.05, 0.1) is 5.69 Å². The summed E-state index contributed by atoms with van der Waals surface area (Å²) in [4.78, 5) is 28.7. The lowest BCUT2D eigenvalue weighted by atomic mass is 9.93. The van der Waals surface area contributed by atoms with Gasteiger partial charge in [-0.3, -0.25) is 9.48 Å². The minimum atomic E-state index is -0.0309. The summed E-state index contributed by atoms with van der Waals surface area (Å²) in [5.41, 5.74) is 1.46. The molecule has 0 unspecified atom stereocenters. The van der Waals surface area contributed by atoms with Crippen LogP contribution in [-0.4, -0.2) is 64.2 Å². The predicted molar refractivity (Wildman–Crippen MR) is 97.7 cm³/mol. The van der Waals surface area contributed by atoms with Crippen LogP contribution in [0.15, 0.2) is 18.2 Å². The number of urea groups is 1. The molecule has 1 saturated carbocycles. The zero-order valence-corrected chi connectivity index (χ0v) is 15.5. The number of rotatable bonds is 6. The average molecular weight is 357 g/mol. The molecule has 0 aromatic carbocycles. The number of aromatic nitrogens is 2. The van der Waals surface area contributed by atoms with E-state index >= 15 is 0 Å². The molecule has 2 heterocycles. The van der Waals surface area contributed by atoms with E-state index in [1.54, 1.807) is 9.58 Å². The van der Waals surface area contributed by atoms with Crippen LogP contribution < -0.4 is 5.32 Å². The Hall–Kier alpha value is -2.31. The van der Waals surface area contributed by atoms with Crippen LogP contribution in [0.2, 0.25) is 0 Å². The van der Waals surface area contributed by atoms with Crippen molar-refractivity contribution in [3.05, 3.63) is 29.6 Å². The van der Waals surface area contributed by atoms with Crippen LogP contribution in [0, 0.1) is 24.7 Å². The van der Waals surface area contributed by atoms with Gasteiger partial charge in [-0.05, 0) is 43.6 Å². The van der Waals surface area contributed by atoms with E-state index in [1.165, 1.54) is 12.8 Å². The Labute approximate surface area is 154 Å². The van der Waals surface area contributed by atoms with Gasteiger partial charge in [-0.1, -0.05) is 12.2 Å². The molecule has 140 valence electrons. The molecule has 3 atom stereocenters. The van der Waals surface area contributed by atoms with Crippen molar-refractivity contribution in [2.75, 3.05) is 32.7 Å². The summed E-state index contributed by atoms with van der Waals surface area (Å²) in [6, 6.07) is 1.81. The Morgan fingerprint density at radius 3 is 2.81 bits per heavy atom. The van der Waals surface area contributed by atoms with E-state index in [-0.39, 0.29) is 11.9 Å². The number of amides is 3. The van der Waals surface area contributed by atoms with Gasteiger partial charge >= 0.3 is 6.03 Å². The second-order valence-corrected chi connectivity index (χ2v) is 7.81. The largest absolute Gasteiger partial charge is 0.336 e. The highest BCUT2D eigenvalue weighted by Crippen LogP contribution is 2.43. The number of hydrogen-bond donors (Lipinski definition) is 1. The molecule has 3 aliphatic rings. The summed E-state index contributed by atoms with van der Waals surface area (Å²) >= 11 is 0. The third-order valence-corrected chi connectivity index (χ3v) is 5.96. The zero-order valence-electron chi connectivity index (χ0n) is 15.5. The topological polar surface area (TPSA) is 70.5 Å². The van der Waals surface area contributed by atoms with Crippen molar-refractivity contribution >= 4 is 11.9 Å². The van der Waals surface area contributed by atoms with E-state index in [4.69, 9.17) is 0 Å². The molecule has 4 rings (SSSR count). The first kappa shape index (κ1) is 17.1. The van der Waals surface area contributed by atoms with Crippen molar-refractivity contribution in [1.82, 2.24) is 24.9 Å². The molecule has 1 N–H and O–H groups in total. The van der Waals surface area contributed by atoms with Crippen LogP contribution in [-0.2, 0) is 7.05 Å². The van der Waals surface area contributed by atoms with Crippen molar-refractivity contribution in [2.45, 2.75) is 19.8 Å². The molecule has 3 amide bonds. The highest BCUT2D eigenvalue weighted by molar-refractivity contribution is 5.92. The highest BCUT2D eigenvalue weighted by atomic mass is 16.2. The number of allylic oxidation sites excluding steroid dienone is 2. The van der Waals surface area contributed by atoms with Crippen molar-refractivity contribution in [2.24, 2.45) is 24.8 Å². The molecular weight excluding hydrogens is 330 g/mol. The van der Waals surface area contributed by atoms with Crippen LogP contribution in [0.3, 0.4) is 0 Å². The van der Waals surface area contributed by atoms with Crippen molar-refractivity contribution < 1.29 is 9.59 Å². The first-order valence-electron chi connectivity index (χ1n) is 9.52. The normalized spacial score (nSPS) is 26.6. The van der Waals surface area contributed by atoms with Crippen LogP contribution in [0.1, 0.15) is 29.0 Å². The SMILES string of the molecule is Cc1cc(C(=O)N(CCN2CCNC2=O)C[C@H]2C[C@H]3C=C[C@H]2C3)n(C)n1. The van der Waals surface area contributed by atoms with Gasteiger partial charge in [0.25, 0.3) is 5.91 Å². The number of fused-ring (bicyclic) bond motifs is 2. The Bertz CT molecular complexity index is 740. The average Bonchev–Trinajstić information content (AvgIpc) is 3.37. The molecule has 2 aliphatic carbocycles. The van der Waals surface area contributed by atoms with Gasteiger partial charge in [-0.25, -0.2) is 4.79 Å². The van der Waals surface area contributed by atoms with E-state index in [9.17, 15) is 9.59 Å². The van der Waals surface area contributed by atoms with Crippen molar-refractivity contribution in [1.29, 1.82) is 0 Å². The van der Waals surface area contributed by atoms with Gasteiger partial charge in [0, 0.05) is 39.8 Å². The molecule has 1 aromatic heterocycles. The fourth-order valence-electron chi connectivity index (χ4n) is 4.60. The van der Waals surface area contributed by atoms with Crippen LogP contribution in [0.5, 0.6) is 0 Å². The second kappa shape index (κ2) is 6.78. The van der Waals surface area contributed by atoms with Gasteiger partial charge in [0.15, 0.2) is 0 Å². The Balaban J connectivity index is 1.48. The first-order valence-corrected chi connectivity index (χ1v) is 9.52. The molecule has 1 aliphatic heterocycles. The number of carbonyl (C=O) groups is 2. The van der Waals surface area contributed by atoms with E-state index in [1.807, 2.05) is 24.9 Å². The highest BCUT2D eigenvalue weighted by Gasteiger charge is 2.37. The lowest BCUT2D eigenvalue weighted by Gasteiger charge is -2.30. The summed E-state index contributed by atoms with van der Waals surface area (Å²) in [5, 5.41) is 7.14. The smallest absolute Gasteiger partial charge is 0.317 e. The lowest BCUT2D eigenvalue weighted by Crippen LogP contribution is -2.43. The van der Waals surface area contributed by atoms with Gasteiger partial charge in [-0.2, -0.15) is 5.10 Å². The van der Waals surface area contributed by atoms with Crippen LogP contribution >= 0.6 is 0 Å². The first-order chi connectivity index (χ1) is 12.5. The van der Waals surface area contributed by atoms with Crippen molar-refractivity contribution in [3.8, 4) is 0 Å². The maximum absolute atomic E-state index is 13.2. The monoisotopic (exact) mass is 357 g/mol. The van der Waals surface area contributed by atoms with Crippen LogP contribution in [0.4, 0.5) is 4.79 Å². The molecule has 2 bridgehead atoms. The summed E-state index contributed by atoms with van der Waals surface area (Å²) in [6.07, 6.45) is 7.04. The fraction of sp³-hybridized carbons (Fsp3) is 0.632. The standard InChI is InChI=1S/C19H27N5O2/c1-13-9-17(22(2)21-13)18(25)24(8-7-23-6-5-20-19(23)26)12-16-11-14-3-4-15(16)10-14/h3-4,9,14-16H,5-8,10-12H2,1-2H3,(H,20,26)/t14-,15-,16+/m0/s1. The molecule has 0 radical (unpaired) electrons. The summed E-state index contributed by atoms with van der Waals surface area (Å²) in [7, 11) is 1.81. The summed E-state index contributed by atoms with van der Waals surface area (Å²) in [6.45, 7) is 5.19. The van der Waals surface area contributed by atoms with Crippen molar-refractivity contribution in [3.63, 3.8) is 0 Å².